The van der Waals surface area contributed by atoms with Crippen molar-refractivity contribution in [3.63, 3.8) is 0 Å². The normalized spacial score (nSPS) is 10.2. The Hall–Kier alpha value is -1.87. The zero-order valence-electron chi connectivity index (χ0n) is 12.7. The largest absolute Gasteiger partial charge is 0.497 e. The molecule has 0 amide bonds. The van der Waals surface area contributed by atoms with Crippen LogP contribution in [0.4, 0.5) is 0 Å². The van der Waals surface area contributed by atoms with Gasteiger partial charge in [-0.2, -0.15) is 0 Å². The summed E-state index contributed by atoms with van der Waals surface area (Å²) >= 11 is 1.81. The third-order valence-electron chi connectivity index (χ3n) is 3.25. The monoisotopic (exact) mass is 300 g/mol. The molecule has 0 aliphatic carbocycles. The third kappa shape index (κ3) is 3.61. The molecule has 2 nitrogen and oxygen atoms in total. The molecule has 0 aliphatic rings. The minimum atomic E-state index is 0.847. The van der Waals surface area contributed by atoms with Crippen LogP contribution in [0.3, 0.4) is 0 Å². The second-order valence-corrected chi connectivity index (χ2v) is 5.81. The van der Waals surface area contributed by atoms with E-state index in [9.17, 15) is 0 Å². The summed E-state index contributed by atoms with van der Waals surface area (Å²) in [5.41, 5.74) is 3.20. The molecule has 0 unspecified atom stereocenters. The molecule has 21 heavy (non-hydrogen) atoms. The van der Waals surface area contributed by atoms with Crippen molar-refractivity contribution < 1.29 is 9.47 Å². The lowest BCUT2D eigenvalue weighted by Gasteiger charge is -2.13. The highest BCUT2D eigenvalue weighted by Gasteiger charge is 2.10. The Kier molecular flexibility index (Phi) is 5.34. The summed E-state index contributed by atoms with van der Waals surface area (Å²) in [7, 11) is 3.35. The van der Waals surface area contributed by atoms with E-state index in [1.807, 2.05) is 48.2 Å². The van der Waals surface area contributed by atoms with Gasteiger partial charge in [0.15, 0.2) is 0 Å². The molecule has 0 saturated carbocycles. The van der Waals surface area contributed by atoms with E-state index >= 15 is 0 Å². The molecular weight excluding hydrogens is 280 g/mol. The van der Waals surface area contributed by atoms with Gasteiger partial charge in [0.2, 0.25) is 0 Å². The van der Waals surface area contributed by atoms with Crippen molar-refractivity contribution in [2.75, 3.05) is 20.0 Å². The smallest absolute Gasteiger partial charge is 0.119 e. The van der Waals surface area contributed by atoms with Crippen LogP contribution in [0, 0.1) is 0 Å². The highest BCUT2D eigenvalue weighted by molar-refractivity contribution is 7.99. The van der Waals surface area contributed by atoms with Crippen molar-refractivity contribution in [1.29, 1.82) is 0 Å². The highest BCUT2D eigenvalue weighted by atomic mass is 32.2. The van der Waals surface area contributed by atoms with E-state index in [-0.39, 0.29) is 0 Å². The van der Waals surface area contributed by atoms with Crippen LogP contribution >= 0.6 is 11.8 Å². The van der Waals surface area contributed by atoms with E-state index in [2.05, 4.69) is 19.6 Å². The van der Waals surface area contributed by atoms with Crippen LogP contribution < -0.4 is 9.47 Å². The molecule has 2 aromatic rings. The molecule has 0 aromatic heterocycles. The molecule has 0 spiro atoms. The summed E-state index contributed by atoms with van der Waals surface area (Å²) < 4.78 is 10.5. The van der Waals surface area contributed by atoms with Gasteiger partial charge in [-0.1, -0.05) is 25.6 Å². The zero-order valence-corrected chi connectivity index (χ0v) is 13.5. The number of benzene rings is 2. The third-order valence-corrected chi connectivity index (χ3v) is 4.21. The summed E-state index contributed by atoms with van der Waals surface area (Å²) in [6, 6.07) is 14.1. The molecule has 3 heteroatoms. The lowest BCUT2D eigenvalue weighted by atomic mass is 9.99. The summed E-state index contributed by atoms with van der Waals surface area (Å²) in [5.74, 6) is 2.72. The number of rotatable bonds is 6. The first kappa shape index (κ1) is 15.5. The van der Waals surface area contributed by atoms with Crippen LogP contribution in [-0.4, -0.2) is 20.0 Å². The predicted molar refractivity (Wildman–Crippen MR) is 90.5 cm³/mol. The Labute approximate surface area is 130 Å². The molecule has 0 atom stereocenters. The van der Waals surface area contributed by atoms with Gasteiger partial charge in [0.05, 0.1) is 14.2 Å². The molecule has 2 rings (SSSR count). The topological polar surface area (TPSA) is 18.5 Å². The Balaban J connectivity index is 2.39. The molecular formula is C18H20O2S. The summed E-state index contributed by atoms with van der Waals surface area (Å²) in [4.78, 5) is 1.22. The fourth-order valence-corrected chi connectivity index (χ4v) is 2.91. The van der Waals surface area contributed by atoms with E-state index < -0.39 is 0 Å². The standard InChI is InChI=1S/C18H20O2S/c1-5-21-18-11-10-16(20-4)12-17(18)13(2)14-6-8-15(19-3)9-7-14/h6-12H,2,5H2,1,3-4H3. The number of ether oxygens (including phenoxy) is 2. The second-order valence-electron chi connectivity index (χ2n) is 4.50. The molecule has 0 fully saturated rings. The van der Waals surface area contributed by atoms with Gasteiger partial charge < -0.3 is 9.47 Å². The molecule has 0 radical (unpaired) electrons. The second kappa shape index (κ2) is 7.23. The molecule has 0 saturated heterocycles. The maximum absolute atomic E-state index is 5.34. The molecule has 110 valence electrons. The molecule has 0 aliphatic heterocycles. The van der Waals surface area contributed by atoms with Crippen molar-refractivity contribution in [3.05, 3.63) is 60.2 Å². The predicted octanol–water partition coefficient (Wildman–Crippen LogP) is 4.88. The first-order chi connectivity index (χ1) is 10.2. The Morgan fingerprint density at radius 1 is 1.00 bits per heavy atom. The first-order valence-corrected chi connectivity index (χ1v) is 7.82. The lowest BCUT2D eigenvalue weighted by Crippen LogP contribution is -1.93. The fraction of sp³-hybridized carbons (Fsp3) is 0.222. The average Bonchev–Trinajstić information content (AvgIpc) is 2.55. The average molecular weight is 300 g/mol. The van der Waals surface area contributed by atoms with Gasteiger partial charge >= 0.3 is 0 Å². The quantitative estimate of drug-likeness (QED) is 0.709. The van der Waals surface area contributed by atoms with Crippen LogP contribution in [0.5, 0.6) is 11.5 Å². The zero-order chi connectivity index (χ0) is 15.2. The summed E-state index contributed by atoms with van der Waals surface area (Å²) in [6.45, 7) is 6.41. The molecule has 0 N–H and O–H groups in total. The number of hydrogen-bond acceptors (Lipinski definition) is 3. The maximum atomic E-state index is 5.34. The molecule has 2 aromatic carbocycles. The first-order valence-electron chi connectivity index (χ1n) is 6.84. The van der Waals surface area contributed by atoms with Crippen molar-refractivity contribution in [2.24, 2.45) is 0 Å². The van der Waals surface area contributed by atoms with Crippen molar-refractivity contribution >= 4 is 17.3 Å². The van der Waals surface area contributed by atoms with Crippen LogP contribution in [0.15, 0.2) is 53.9 Å². The number of methoxy groups -OCH3 is 2. The minimum absolute atomic E-state index is 0.847. The minimum Gasteiger partial charge on any atom is -0.497 e. The Morgan fingerprint density at radius 2 is 1.62 bits per heavy atom. The van der Waals surface area contributed by atoms with Gasteiger partial charge in [-0.15, -0.1) is 11.8 Å². The number of thioether (sulfide) groups is 1. The van der Waals surface area contributed by atoms with Gasteiger partial charge in [-0.3, -0.25) is 0 Å². The van der Waals surface area contributed by atoms with E-state index in [0.717, 1.165) is 34.0 Å². The SMILES string of the molecule is C=C(c1ccc(OC)cc1)c1cc(OC)ccc1SCC. The van der Waals surface area contributed by atoms with Gasteiger partial charge in [-0.05, 0) is 52.8 Å². The Morgan fingerprint density at radius 3 is 2.19 bits per heavy atom. The highest BCUT2D eigenvalue weighted by Crippen LogP contribution is 2.34. The van der Waals surface area contributed by atoms with Crippen LogP contribution in [0.2, 0.25) is 0 Å². The Bertz CT molecular complexity index is 618. The fourth-order valence-electron chi connectivity index (χ4n) is 2.10. The summed E-state index contributed by atoms with van der Waals surface area (Å²) in [5, 5.41) is 0. The van der Waals surface area contributed by atoms with Gasteiger partial charge in [0, 0.05) is 4.90 Å². The molecule has 0 bridgehead atoms. The van der Waals surface area contributed by atoms with Crippen molar-refractivity contribution in [1.82, 2.24) is 0 Å². The summed E-state index contributed by atoms with van der Waals surface area (Å²) in [6.07, 6.45) is 0. The maximum Gasteiger partial charge on any atom is 0.119 e. The lowest BCUT2D eigenvalue weighted by molar-refractivity contribution is 0.414. The van der Waals surface area contributed by atoms with Crippen LogP contribution in [0.25, 0.3) is 5.57 Å². The van der Waals surface area contributed by atoms with Crippen molar-refractivity contribution in [2.45, 2.75) is 11.8 Å². The van der Waals surface area contributed by atoms with E-state index in [1.165, 1.54) is 4.90 Å². The van der Waals surface area contributed by atoms with Gasteiger partial charge in [0.25, 0.3) is 0 Å². The number of hydrogen-bond donors (Lipinski definition) is 0. The van der Waals surface area contributed by atoms with E-state index in [1.54, 1.807) is 14.2 Å². The van der Waals surface area contributed by atoms with E-state index in [0.29, 0.717) is 0 Å². The van der Waals surface area contributed by atoms with E-state index in [4.69, 9.17) is 9.47 Å². The van der Waals surface area contributed by atoms with Crippen LogP contribution in [0.1, 0.15) is 18.1 Å². The van der Waals surface area contributed by atoms with Gasteiger partial charge in [-0.25, -0.2) is 0 Å². The van der Waals surface area contributed by atoms with Gasteiger partial charge in [0.1, 0.15) is 11.5 Å². The van der Waals surface area contributed by atoms with Crippen LogP contribution in [-0.2, 0) is 0 Å². The molecule has 0 heterocycles. The van der Waals surface area contributed by atoms with Crippen molar-refractivity contribution in [3.8, 4) is 11.5 Å².